The number of carboxylic acids is 1. The molecule has 0 saturated carbocycles. The predicted molar refractivity (Wildman–Crippen MR) is 71.9 cm³/mol. The van der Waals surface area contributed by atoms with Crippen LogP contribution in [0, 0.1) is 17.8 Å². The minimum atomic E-state index is -0.883. The summed E-state index contributed by atoms with van der Waals surface area (Å²) in [6, 6.07) is 0. The van der Waals surface area contributed by atoms with Crippen LogP contribution in [0.15, 0.2) is 0 Å². The maximum Gasteiger partial charge on any atom is 0.306 e. The van der Waals surface area contributed by atoms with E-state index in [9.17, 15) is 14.4 Å². The summed E-state index contributed by atoms with van der Waals surface area (Å²) in [5.74, 6) is -2.58. The minimum absolute atomic E-state index is 0.138. The molecule has 6 nitrogen and oxygen atoms in total. The van der Waals surface area contributed by atoms with Crippen molar-refractivity contribution in [2.24, 2.45) is 17.8 Å². The maximum atomic E-state index is 11.2. The van der Waals surface area contributed by atoms with Gasteiger partial charge in [0, 0.05) is 19.8 Å². The quantitative estimate of drug-likeness (QED) is 0.686. The highest BCUT2D eigenvalue weighted by atomic mass is 16.6. The summed E-state index contributed by atoms with van der Waals surface area (Å²) in [6.07, 6.45) is -0.0915. The number of esters is 2. The van der Waals surface area contributed by atoms with E-state index in [0.717, 1.165) is 0 Å². The van der Waals surface area contributed by atoms with Crippen LogP contribution in [0.3, 0.4) is 0 Å². The lowest BCUT2D eigenvalue weighted by Crippen LogP contribution is -2.35. The first-order valence-corrected chi connectivity index (χ1v) is 6.68. The van der Waals surface area contributed by atoms with E-state index in [1.54, 1.807) is 13.8 Å². The van der Waals surface area contributed by atoms with Crippen LogP contribution in [0.4, 0.5) is 0 Å². The molecule has 6 heteroatoms. The molecule has 0 aromatic heterocycles. The third-order valence-corrected chi connectivity index (χ3v) is 3.12. The Morgan fingerprint density at radius 2 is 1.55 bits per heavy atom. The first kappa shape index (κ1) is 18.4. The zero-order chi connectivity index (χ0) is 15.9. The monoisotopic (exact) mass is 288 g/mol. The highest BCUT2D eigenvalue weighted by molar-refractivity contribution is 5.69. The minimum Gasteiger partial charge on any atom is -0.481 e. The van der Waals surface area contributed by atoms with E-state index in [-0.39, 0.29) is 18.4 Å². The first-order valence-electron chi connectivity index (χ1n) is 6.68. The Bertz CT molecular complexity index is 352. The second-order valence-corrected chi connectivity index (χ2v) is 5.31. The van der Waals surface area contributed by atoms with Gasteiger partial charge in [-0.1, -0.05) is 20.8 Å². The van der Waals surface area contributed by atoms with Gasteiger partial charge in [0.15, 0.2) is 0 Å². The summed E-state index contributed by atoms with van der Waals surface area (Å²) < 4.78 is 10.2. The molecule has 0 fully saturated rings. The third kappa shape index (κ3) is 7.11. The first-order chi connectivity index (χ1) is 9.15. The fourth-order valence-corrected chi connectivity index (χ4v) is 2.12. The number of hydrogen-bond donors (Lipinski definition) is 1. The number of carbonyl (C=O) groups excluding carboxylic acids is 2. The van der Waals surface area contributed by atoms with E-state index in [4.69, 9.17) is 14.6 Å². The summed E-state index contributed by atoms with van der Waals surface area (Å²) in [5, 5.41) is 8.93. The largest absolute Gasteiger partial charge is 0.481 e. The Morgan fingerprint density at radius 1 is 1.00 bits per heavy atom. The van der Waals surface area contributed by atoms with Crippen LogP contribution in [0.5, 0.6) is 0 Å². The van der Waals surface area contributed by atoms with Crippen molar-refractivity contribution < 1.29 is 29.0 Å². The highest BCUT2D eigenvalue weighted by Crippen LogP contribution is 2.24. The maximum absolute atomic E-state index is 11.2. The topological polar surface area (TPSA) is 89.9 Å². The van der Waals surface area contributed by atoms with Gasteiger partial charge < -0.3 is 14.6 Å². The zero-order valence-electron chi connectivity index (χ0n) is 12.7. The molecule has 4 atom stereocenters. The number of carboxylic acid groups (broad SMARTS) is 1. The van der Waals surface area contributed by atoms with E-state index < -0.39 is 29.9 Å². The predicted octanol–water partition coefficient (Wildman–Crippen LogP) is 1.86. The zero-order valence-corrected chi connectivity index (χ0v) is 12.7. The molecule has 0 aromatic rings. The Hall–Kier alpha value is -1.59. The van der Waals surface area contributed by atoms with E-state index >= 15 is 0 Å². The normalized spacial score (nSPS) is 16.6. The van der Waals surface area contributed by atoms with Crippen molar-refractivity contribution in [2.75, 3.05) is 6.61 Å². The van der Waals surface area contributed by atoms with Gasteiger partial charge in [-0.3, -0.25) is 14.4 Å². The molecular weight excluding hydrogens is 264 g/mol. The number of rotatable bonds is 8. The van der Waals surface area contributed by atoms with Crippen molar-refractivity contribution in [1.82, 2.24) is 0 Å². The molecule has 0 saturated heterocycles. The average molecular weight is 288 g/mol. The van der Waals surface area contributed by atoms with E-state index in [1.807, 2.05) is 6.92 Å². The van der Waals surface area contributed by atoms with Gasteiger partial charge in [0.05, 0.1) is 12.5 Å². The molecule has 0 amide bonds. The molecule has 0 rings (SSSR count). The van der Waals surface area contributed by atoms with Crippen LogP contribution in [-0.4, -0.2) is 35.7 Å². The molecule has 0 aliphatic carbocycles. The summed E-state index contributed by atoms with van der Waals surface area (Å²) in [5.41, 5.74) is 0. The fraction of sp³-hybridized carbons (Fsp3) is 0.786. The Labute approximate surface area is 119 Å². The van der Waals surface area contributed by atoms with Crippen LogP contribution >= 0.6 is 0 Å². The summed E-state index contributed by atoms with van der Waals surface area (Å²) in [4.78, 5) is 32.9. The van der Waals surface area contributed by atoms with Gasteiger partial charge in [-0.15, -0.1) is 0 Å². The molecule has 0 heterocycles. The van der Waals surface area contributed by atoms with Crippen molar-refractivity contribution in [3.05, 3.63) is 0 Å². The molecule has 1 N–H and O–H groups in total. The van der Waals surface area contributed by atoms with Gasteiger partial charge in [-0.05, 0) is 12.3 Å². The standard InChI is InChI=1S/C14H24O6/c1-8(6-9(2)14(17)18)13(20-12(5)16)10(3)7-19-11(4)15/h8-10,13H,6-7H2,1-5H3,(H,17,18)/t8-,9+,10-,13-/m0/s1. The van der Waals surface area contributed by atoms with Crippen molar-refractivity contribution in [3.63, 3.8) is 0 Å². The van der Waals surface area contributed by atoms with Crippen LogP contribution in [-0.2, 0) is 23.9 Å². The smallest absolute Gasteiger partial charge is 0.306 e. The Balaban J connectivity index is 4.71. The van der Waals surface area contributed by atoms with Crippen molar-refractivity contribution >= 4 is 17.9 Å². The molecule has 0 unspecified atom stereocenters. The Kier molecular flexibility index (Phi) is 7.87. The van der Waals surface area contributed by atoms with Crippen molar-refractivity contribution in [1.29, 1.82) is 0 Å². The molecule has 0 aliphatic rings. The van der Waals surface area contributed by atoms with Gasteiger partial charge in [0.1, 0.15) is 6.10 Å². The molecule has 20 heavy (non-hydrogen) atoms. The summed E-state index contributed by atoms with van der Waals surface area (Å²) in [6.45, 7) is 8.00. The fourth-order valence-electron chi connectivity index (χ4n) is 2.12. The molecule has 116 valence electrons. The second kappa shape index (κ2) is 8.55. The van der Waals surface area contributed by atoms with E-state index in [1.165, 1.54) is 13.8 Å². The molecule has 0 radical (unpaired) electrons. The third-order valence-electron chi connectivity index (χ3n) is 3.12. The molecule has 0 spiro atoms. The second-order valence-electron chi connectivity index (χ2n) is 5.31. The summed E-state index contributed by atoms with van der Waals surface area (Å²) >= 11 is 0. The van der Waals surface area contributed by atoms with Gasteiger partial charge in [0.2, 0.25) is 0 Å². The van der Waals surface area contributed by atoms with Gasteiger partial charge in [0.25, 0.3) is 0 Å². The molecule has 0 aliphatic heterocycles. The van der Waals surface area contributed by atoms with Crippen LogP contribution in [0.2, 0.25) is 0 Å². The van der Waals surface area contributed by atoms with Crippen molar-refractivity contribution in [2.45, 2.75) is 47.1 Å². The highest BCUT2D eigenvalue weighted by Gasteiger charge is 2.29. The summed E-state index contributed by atoms with van der Waals surface area (Å²) in [7, 11) is 0. The lowest BCUT2D eigenvalue weighted by Gasteiger charge is -2.29. The Morgan fingerprint density at radius 3 is 1.95 bits per heavy atom. The molecule has 0 bridgehead atoms. The van der Waals surface area contributed by atoms with E-state index in [2.05, 4.69) is 0 Å². The number of aliphatic carboxylic acids is 1. The van der Waals surface area contributed by atoms with Crippen molar-refractivity contribution in [3.8, 4) is 0 Å². The number of hydrogen-bond acceptors (Lipinski definition) is 5. The van der Waals surface area contributed by atoms with E-state index in [0.29, 0.717) is 6.42 Å². The van der Waals surface area contributed by atoms with Gasteiger partial charge in [-0.25, -0.2) is 0 Å². The van der Waals surface area contributed by atoms with Crippen LogP contribution in [0.1, 0.15) is 41.0 Å². The lowest BCUT2D eigenvalue weighted by molar-refractivity contribution is -0.156. The van der Waals surface area contributed by atoms with Gasteiger partial charge in [-0.2, -0.15) is 0 Å². The lowest BCUT2D eigenvalue weighted by atomic mass is 9.87. The SMILES string of the molecule is CC(=O)OC[C@H](C)[C@@H](OC(C)=O)[C@@H](C)C[C@@H](C)C(=O)O. The van der Waals surface area contributed by atoms with Gasteiger partial charge >= 0.3 is 17.9 Å². The molecular formula is C14H24O6. The number of carbonyl (C=O) groups is 3. The molecule has 0 aromatic carbocycles. The van der Waals surface area contributed by atoms with Crippen LogP contribution < -0.4 is 0 Å². The number of ether oxygens (including phenoxy) is 2. The van der Waals surface area contributed by atoms with Crippen LogP contribution in [0.25, 0.3) is 0 Å². The average Bonchev–Trinajstić information content (AvgIpc) is 2.32.